The average Bonchev–Trinajstić information content (AvgIpc) is 3.15. The van der Waals surface area contributed by atoms with E-state index in [4.69, 9.17) is 21.1 Å². The Morgan fingerprint density at radius 1 is 1.23 bits per heavy atom. The normalized spacial score (nSPS) is 15.0. The molecule has 26 heavy (non-hydrogen) atoms. The molecule has 3 rings (SSSR count). The molecule has 2 heterocycles. The van der Waals surface area contributed by atoms with Crippen molar-refractivity contribution in [2.24, 2.45) is 0 Å². The summed E-state index contributed by atoms with van der Waals surface area (Å²) in [5, 5.41) is 7.80. The van der Waals surface area contributed by atoms with Gasteiger partial charge in [-0.1, -0.05) is 11.6 Å². The highest BCUT2D eigenvalue weighted by molar-refractivity contribution is 6.30. The highest BCUT2D eigenvalue weighted by Crippen LogP contribution is 2.15. The van der Waals surface area contributed by atoms with Crippen LogP contribution in [0, 0.1) is 0 Å². The van der Waals surface area contributed by atoms with Gasteiger partial charge in [0.2, 0.25) is 0 Å². The molecule has 140 valence electrons. The van der Waals surface area contributed by atoms with E-state index in [9.17, 15) is 4.79 Å². The number of nitrogens with one attached hydrogen (secondary N) is 1. The first-order valence-electron chi connectivity index (χ1n) is 8.71. The van der Waals surface area contributed by atoms with Crippen LogP contribution < -0.4 is 10.1 Å². The van der Waals surface area contributed by atoms with Crippen LogP contribution in [-0.4, -0.2) is 60.0 Å². The molecule has 1 aromatic heterocycles. The zero-order valence-electron chi connectivity index (χ0n) is 14.6. The summed E-state index contributed by atoms with van der Waals surface area (Å²) in [5.74, 6) is 0.524. The van der Waals surface area contributed by atoms with E-state index in [2.05, 4.69) is 15.3 Å². The van der Waals surface area contributed by atoms with Gasteiger partial charge in [0.25, 0.3) is 5.91 Å². The predicted molar refractivity (Wildman–Crippen MR) is 98.5 cm³/mol. The lowest BCUT2D eigenvalue weighted by Crippen LogP contribution is -2.38. The highest BCUT2D eigenvalue weighted by Gasteiger charge is 2.11. The Kier molecular flexibility index (Phi) is 6.88. The van der Waals surface area contributed by atoms with E-state index in [1.165, 1.54) is 0 Å². The van der Waals surface area contributed by atoms with Crippen molar-refractivity contribution in [2.45, 2.75) is 13.2 Å². The first-order chi connectivity index (χ1) is 12.7. The van der Waals surface area contributed by atoms with Gasteiger partial charge in [-0.3, -0.25) is 9.69 Å². The number of benzene rings is 1. The van der Waals surface area contributed by atoms with Crippen LogP contribution in [0.3, 0.4) is 0 Å². The fourth-order valence-electron chi connectivity index (χ4n) is 2.65. The maximum atomic E-state index is 12.1. The number of halogens is 1. The van der Waals surface area contributed by atoms with Crippen molar-refractivity contribution < 1.29 is 14.3 Å². The quantitative estimate of drug-likeness (QED) is 0.712. The molecule has 0 atom stereocenters. The largest absolute Gasteiger partial charge is 0.471 e. The smallest absolute Gasteiger partial charge is 0.271 e. The zero-order valence-corrected chi connectivity index (χ0v) is 15.3. The lowest BCUT2D eigenvalue weighted by Gasteiger charge is -2.26. The molecule has 7 nitrogen and oxygen atoms in total. The molecule has 0 saturated carbocycles. The third kappa shape index (κ3) is 5.72. The number of morpholine rings is 1. The Morgan fingerprint density at radius 2 is 2.00 bits per heavy atom. The number of amides is 1. The number of carbonyl (C=O) groups excluding carboxylic acids is 1. The van der Waals surface area contributed by atoms with Gasteiger partial charge in [-0.15, -0.1) is 0 Å². The number of hydrogen-bond acceptors (Lipinski definition) is 5. The molecule has 0 bridgehead atoms. The number of aromatic nitrogens is 2. The second-order valence-electron chi connectivity index (χ2n) is 6.03. The van der Waals surface area contributed by atoms with Crippen molar-refractivity contribution in [1.82, 2.24) is 20.0 Å². The minimum Gasteiger partial charge on any atom is -0.471 e. The maximum Gasteiger partial charge on any atom is 0.271 e. The monoisotopic (exact) mass is 378 g/mol. The molecule has 1 aromatic carbocycles. The van der Waals surface area contributed by atoms with Crippen LogP contribution >= 0.6 is 11.6 Å². The van der Waals surface area contributed by atoms with Crippen LogP contribution in [0.4, 0.5) is 0 Å². The Bertz CT molecular complexity index is 699. The topological polar surface area (TPSA) is 68.6 Å². The summed E-state index contributed by atoms with van der Waals surface area (Å²) >= 11 is 5.84. The van der Waals surface area contributed by atoms with Gasteiger partial charge in [0.05, 0.1) is 13.2 Å². The summed E-state index contributed by atoms with van der Waals surface area (Å²) in [4.78, 5) is 14.5. The molecule has 1 amide bonds. The summed E-state index contributed by atoms with van der Waals surface area (Å²) in [7, 11) is 0. The van der Waals surface area contributed by atoms with Gasteiger partial charge in [-0.25, -0.2) is 4.68 Å². The van der Waals surface area contributed by atoms with Crippen molar-refractivity contribution >= 4 is 17.5 Å². The zero-order chi connectivity index (χ0) is 18.2. The number of carbonyl (C=O) groups is 1. The minimum atomic E-state index is -0.169. The molecule has 8 heteroatoms. The molecule has 1 N–H and O–H groups in total. The van der Waals surface area contributed by atoms with E-state index < -0.39 is 0 Å². The molecule has 0 spiro atoms. The Labute approximate surface area is 157 Å². The third-order valence-corrected chi connectivity index (χ3v) is 4.34. The molecule has 1 fully saturated rings. The lowest BCUT2D eigenvalue weighted by molar-refractivity contribution is 0.0374. The van der Waals surface area contributed by atoms with Crippen LogP contribution in [0.1, 0.15) is 16.9 Å². The number of rotatable bonds is 8. The van der Waals surface area contributed by atoms with Gasteiger partial charge in [0.1, 0.15) is 11.4 Å². The van der Waals surface area contributed by atoms with Gasteiger partial charge in [0, 0.05) is 30.9 Å². The Morgan fingerprint density at radius 3 is 2.77 bits per heavy atom. The fraction of sp³-hybridized carbons (Fsp3) is 0.444. The van der Waals surface area contributed by atoms with Gasteiger partial charge >= 0.3 is 0 Å². The van der Waals surface area contributed by atoms with E-state index in [1.54, 1.807) is 41.2 Å². The molecule has 1 aliphatic rings. The van der Waals surface area contributed by atoms with E-state index >= 15 is 0 Å². The van der Waals surface area contributed by atoms with E-state index in [-0.39, 0.29) is 12.6 Å². The van der Waals surface area contributed by atoms with Crippen molar-refractivity contribution in [3.63, 3.8) is 0 Å². The van der Waals surface area contributed by atoms with Crippen molar-refractivity contribution in [1.29, 1.82) is 0 Å². The van der Waals surface area contributed by atoms with Crippen LogP contribution in [0.15, 0.2) is 36.5 Å². The summed E-state index contributed by atoms with van der Waals surface area (Å²) in [6, 6.07) is 8.77. The molecular weight excluding hydrogens is 356 g/mol. The van der Waals surface area contributed by atoms with Gasteiger partial charge in [0.15, 0.2) is 6.73 Å². The van der Waals surface area contributed by atoms with Crippen molar-refractivity contribution in [3.05, 3.63) is 47.2 Å². The first kappa shape index (κ1) is 18.7. The lowest BCUT2D eigenvalue weighted by atomic mass is 10.3. The molecule has 0 unspecified atom stereocenters. The molecule has 0 radical (unpaired) electrons. The fourth-order valence-corrected chi connectivity index (χ4v) is 2.77. The predicted octanol–water partition coefficient (Wildman–Crippen LogP) is 2.03. The second kappa shape index (κ2) is 9.56. The summed E-state index contributed by atoms with van der Waals surface area (Å²) in [6.45, 7) is 5.34. The van der Waals surface area contributed by atoms with Gasteiger partial charge in [-0.05, 0) is 43.3 Å². The minimum absolute atomic E-state index is 0.169. The number of nitrogens with zero attached hydrogens (tertiary/aromatic N) is 3. The Hall–Kier alpha value is -2.09. The molecule has 0 aliphatic carbocycles. The van der Waals surface area contributed by atoms with Crippen LogP contribution in [0.25, 0.3) is 0 Å². The van der Waals surface area contributed by atoms with Crippen LogP contribution in [0.5, 0.6) is 5.75 Å². The summed E-state index contributed by atoms with van der Waals surface area (Å²) in [5.41, 5.74) is 0.385. The van der Waals surface area contributed by atoms with Crippen molar-refractivity contribution in [3.8, 4) is 5.75 Å². The first-order valence-corrected chi connectivity index (χ1v) is 9.08. The van der Waals surface area contributed by atoms with Gasteiger partial charge < -0.3 is 14.8 Å². The van der Waals surface area contributed by atoms with E-state index in [0.29, 0.717) is 23.0 Å². The SMILES string of the molecule is O=C(NCCCN1CCOCC1)c1ccn(COc2ccc(Cl)cc2)n1. The third-order valence-electron chi connectivity index (χ3n) is 4.09. The summed E-state index contributed by atoms with van der Waals surface area (Å²) in [6.07, 6.45) is 2.63. The number of ether oxygens (including phenoxy) is 2. The molecule has 1 saturated heterocycles. The maximum absolute atomic E-state index is 12.1. The standard InChI is InChI=1S/C18H23ClN4O3/c19-15-2-4-16(5-3-15)26-14-23-9-6-17(21-23)18(24)20-7-1-8-22-10-12-25-13-11-22/h2-6,9H,1,7-8,10-14H2,(H,20,24). The van der Waals surface area contributed by atoms with Crippen LogP contribution in [-0.2, 0) is 11.5 Å². The number of hydrogen-bond donors (Lipinski definition) is 1. The van der Waals surface area contributed by atoms with E-state index in [1.807, 2.05) is 0 Å². The molecular formula is C18H23ClN4O3. The van der Waals surface area contributed by atoms with Crippen molar-refractivity contribution in [2.75, 3.05) is 39.4 Å². The van der Waals surface area contributed by atoms with Gasteiger partial charge in [-0.2, -0.15) is 5.10 Å². The second-order valence-corrected chi connectivity index (χ2v) is 6.47. The molecule has 1 aliphatic heterocycles. The summed E-state index contributed by atoms with van der Waals surface area (Å²) < 4.78 is 12.5. The van der Waals surface area contributed by atoms with E-state index in [0.717, 1.165) is 39.3 Å². The average molecular weight is 379 g/mol. The molecule has 2 aromatic rings. The highest BCUT2D eigenvalue weighted by atomic mass is 35.5. The Balaban J connectivity index is 1.37. The van der Waals surface area contributed by atoms with Crippen LogP contribution in [0.2, 0.25) is 5.02 Å².